The molecule has 2 rings (SSSR count). The molecule has 0 bridgehead atoms. The van der Waals surface area contributed by atoms with Gasteiger partial charge in [-0.25, -0.2) is 0 Å². The highest BCUT2D eigenvalue weighted by Crippen LogP contribution is 2.35. The van der Waals surface area contributed by atoms with Crippen molar-refractivity contribution < 1.29 is 9.53 Å². The Hall–Kier alpha value is -0.610. The van der Waals surface area contributed by atoms with Gasteiger partial charge in [0, 0.05) is 13.2 Å². The molecule has 2 fully saturated rings. The summed E-state index contributed by atoms with van der Waals surface area (Å²) >= 11 is 0. The molecule has 1 unspecified atom stereocenters. The lowest BCUT2D eigenvalue weighted by atomic mass is 9.98. The van der Waals surface area contributed by atoms with E-state index in [1.165, 1.54) is 12.8 Å². The zero-order valence-electron chi connectivity index (χ0n) is 10.3. The molecule has 1 aliphatic heterocycles. The van der Waals surface area contributed by atoms with Crippen LogP contribution in [0.25, 0.3) is 0 Å². The Morgan fingerprint density at radius 1 is 1.50 bits per heavy atom. The lowest BCUT2D eigenvalue weighted by Gasteiger charge is -2.21. The van der Waals surface area contributed by atoms with Gasteiger partial charge in [-0.2, -0.15) is 0 Å². The Kier molecular flexibility index (Phi) is 3.50. The van der Waals surface area contributed by atoms with Crippen molar-refractivity contribution in [2.45, 2.75) is 51.2 Å². The van der Waals surface area contributed by atoms with Gasteiger partial charge in [-0.05, 0) is 26.7 Å². The van der Waals surface area contributed by atoms with Gasteiger partial charge in [0.15, 0.2) is 0 Å². The van der Waals surface area contributed by atoms with Crippen LogP contribution in [0.15, 0.2) is 0 Å². The van der Waals surface area contributed by atoms with Gasteiger partial charge >= 0.3 is 0 Å². The van der Waals surface area contributed by atoms with Gasteiger partial charge < -0.3 is 9.64 Å². The average Bonchev–Trinajstić information content (AvgIpc) is 2.80. The van der Waals surface area contributed by atoms with Crippen LogP contribution in [0, 0.1) is 0 Å². The molecule has 1 amide bonds. The molecule has 1 spiro atoms. The molecular weight excluding hydrogens is 204 g/mol. The fourth-order valence-corrected chi connectivity index (χ4v) is 2.93. The summed E-state index contributed by atoms with van der Waals surface area (Å²) in [4.78, 5) is 14.3. The second kappa shape index (κ2) is 4.72. The molecule has 1 heterocycles. The van der Waals surface area contributed by atoms with Crippen LogP contribution >= 0.6 is 0 Å². The first-order valence-electron chi connectivity index (χ1n) is 6.36. The first-order chi connectivity index (χ1) is 7.69. The second-order valence-corrected chi connectivity index (χ2v) is 4.80. The molecule has 0 aromatic carbocycles. The van der Waals surface area contributed by atoms with Gasteiger partial charge in [0.2, 0.25) is 5.91 Å². The highest BCUT2D eigenvalue weighted by molar-refractivity contribution is 5.89. The van der Waals surface area contributed by atoms with Gasteiger partial charge in [-0.15, -0.1) is 0 Å². The van der Waals surface area contributed by atoms with E-state index in [0.717, 1.165) is 19.4 Å². The third-order valence-corrected chi connectivity index (χ3v) is 3.76. The van der Waals surface area contributed by atoms with Crippen LogP contribution in [0.4, 0.5) is 0 Å². The van der Waals surface area contributed by atoms with E-state index in [1.54, 1.807) is 0 Å². The van der Waals surface area contributed by atoms with Crippen molar-refractivity contribution in [3.05, 3.63) is 0 Å². The topological polar surface area (TPSA) is 41.6 Å². The third-order valence-electron chi connectivity index (χ3n) is 3.76. The van der Waals surface area contributed by atoms with Crippen LogP contribution in [-0.4, -0.2) is 42.3 Å². The van der Waals surface area contributed by atoms with E-state index in [1.807, 2.05) is 11.8 Å². The molecule has 1 saturated carbocycles. The number of rotatable bonds is 4. The molecule has 2 aliphatic rings. The fraction of sp³-hybridized carbons (Fsp3) is 0.917. The van der Waals surface area contributed by atoms with Crippen LogP contribution in [0.3, 0.4) is 0 Å². The number of ether oxygens (including phenoxy) is 1. The highest BCUT2D eigenvalue weighted by Gasteiger charge is 2.50. The van der Waals surface area contributed by atoms with Crippen molar-refractivity contribution in [2.24, 2.45) is 0 Å². The Morgan fingerprint density at radius 3 is 2.81 bits per heavy atom. The lowest BCUT2D eigenvalue weighted by molar-refractivity contribution is -0.133. The van der Waals surface area contributed by atoms with Crippen LogP contribution < -0.4 is 5.32 Å². The maximum absolute atomic E-state index is 12.3. The van der Waals surface area contributed by atoms with Crippen molar-refractivity contribution in [2.75, 3.05) is 19.8 Å². The summed E-state index contributed by atoms with van der Waals surface area (Å²) in [6.07, 6.45) is 4.50. The standard InChI is InChI=1S/C12H22N2O2/c1-3-16-9-8-14-10(2)13-12(11(14)15)6-4-5-7-12/h10,13H,3-9H2,1-2H3. The first kappa shape index (κ1) is 11.9. The zero-order chi connectivity index (χ0) is 11.6. The van der Waals surface area contributed by atoms with E-state index >= 15 is 0 Å². The van der Waals surface area contributed by atoms with E-state index in [4.69, 9.17) is 4.74 Å². The summed E-state index contributed by atoms with van der Waals surface area (Å²) < 4.78 is 5.32. The molecule has 4 nitrogen and oxygen atoms in total. The summed E-state index contributed by atoms with van der Waals surface area (Å²) in [5.74, 6) is 0.289. The van der Waals surface area contributed by atoms with Crippen molar-refractivity contribution in [1.82, 2.24) is 10.2 Å². The van der Waals surface area contributed by atoms with Crippen molar-refractivity contribution in [3.8, 4) is 0 Å². The smallest absolute Gasteiger partial charge is 0.244 e. The van der Waals surface area contributed by atoms with Crippen molar-refractivity contribution in [3.63, 3.8) is 0 Å². The summed E-state index contributed by atoms with van der Waals surface area (Å²) in [5.41, 5.74) is -0.231. The zero-order valence-corrected chi connectivity index (χ0v) is 10.3. The fourth-order valence-electron chi connectivity index (χ4n) is 2.93. The monoisotopic (exact) mass is 226 g/mol. The molecule has 4 heteroatoms. The molecule has 0 aromatic heterocycles. The number of hydrogen-bond donors (Lipinski definition) is 1. The molecule has 0 aromatic rings. The quantitative estimate of drug-likeness (QED) is 0.730. The van der Waals surface area contributed by atoms with Gasteiger partial charge in [0.1, 0.15) is 0 Å². The first-order valence-corrected chi connectivity index (χ1v) is 6.36. The Bertz CT molecular complexity index is 262. The molecule has 1 N–H and O–H groups in total. The summed E-state index contributed by atoms with van der Waals surface area (Å²) in [6.45, 7) is 6.12. The van der Waals surface area contributed by atoms with E-state index in [9.17, 15) is 4.79 Å². The molecule has 1 aliphatic carbocycles. The minimum absolute atomic E-state index is 0.158. The summed E-state index contributed by atoms with van der Waals surface area (Å²) in [5, 5.41) is 3.48. The highest BCUT2D eigenvalue weighted by atomic mass is 16.5. The van der Waals surface area contributed by atoms with Gasteiger partial charge in [0.05, 0.1) is 18.3 Å². The molecule has 0 radical (unpaired) electrons. The molecule has 1 atom stereocenters. The molecule has 1 saturated heterocycles. The number of nitrogens with one attached hydrogen (secondary N) is 1. The largest absolute Gasteiger partial charge is 0.380 e. The predicted molar refractivity (Wildman–Crippen MR) is 62.0 cm³/mol. The minimum Gasteiger partial charge on any atom is -0.380 e. The van der Waals surface area contributed by atoms with Crippen molar-refractivity contribution >= 4 is 5.91 Å². The van der Waals surface area contributed by atoms with Gasteiger partial charge in [-0.3, -0.25) is 10.1 Å². The Balaban J connectivity index is 1.96. The average molecular weight is 226 g/mol. The maximum Gasteiger partial charge on any atom is 0.244 e. The van der Waals surface area contributed by atoms with E-state index in [2.05, 4.69) is 12.2 Å². The third kappa shape index (κ3) is 1.96. The molecule has 92 valence electrons. The maximum atomic E-state index is 12.3. The van der Waals surface area contributed by atoms with Gasteiger partial charge in [0.25, 0.3) is 0 Å². The SMILES string of the molecule is CCOCCN1C(=O)C2(CCCC2)NC1C. The van der Waals surface area contributed by atoms with E-state index in [-0.39, 0.29) is 17.6 Å². The Morgan fingerprint density at radius 2 is 2.19 bits per heavy atom. The lowest BCUT2D eigenvalue weighted by Crippen LogP contribution is -2.44. The van der Waals surface area contributed by atoms with Crippen LogP contribution in [-0.2, 0) is 9.53 Å². The van der Waals surface area contributed by atoms with Crippen LogP contribution in [0.5, 0.6) is 0 Å². The Labute approximate surface area is 97.3 Å². The molecular formula is C12H22N2O2. The minimum atomic E-state index is -0.231. The summed E-state index contributed by atoms with van der Waals surface area (Å²) in [7, 11) is 0. The normalized spacial score (nSPS) is 28.2. The number of amides is 1. The van der Waals surface area contributed by atoms with Crippen molar-refractivity contribution in [1.29, 1.82) is 0 Å². The predicted octanol–water partition coefficient (Wildman–Crippen LogP) is 1.11. The van der Waals surface area contributed by atoms with Gasteiger partial charge in [-0.1, -0.05) is 12.8 Å². The number of carbonyl (C=O) groups excluding carboxylic acids is 1. The number of carbonyl (C=O) groups is 1. The number of hydrogen-bond acceptors (Lipinski definition) is 3. The van der Waals surface area contributed by atoms with Crippen LogP contribution in [0.1, 0.15) is 39.5 Å². The molecule has 16 heavy (non-hydrogen) atoms. The van der Waals surface area contributed by atoms with E-state index in [0.29, 0.717) is 13.2 Å². The second-order valence-electron chi connectivity index (χ2n) is 4.80. The summed E-state index contributed by atoms with van der Waals surface area (Å²) in [6, 6.07) is 0. The number of nitrogens with zero attached hydrogens (tertiary/aromatic N) is 1. The van der Waals surface area contributed by atoms with E-state index < -0.39 is 0 Å². The van der Waals surface area contributed by atoms with Crippen LogP contribution in [0.2, 0.25) is 0 Å².